The summed E-state index contributed by atoms with van der Waals surface area (Å²) >= 11 is 0. The van der Waals surface area contributed by atoms with E-state index in [-0.39, 0.29) is 25.6 Å². The maximum Gasteiger partial charge on any atom is 0.227 e. The number of halogens is 1. The van der Waals surface area contributed by atoms with Crippen LogP contribution in [-0.2, 0) is 17.8 Å². The number of aryl methyl sites for hydroxylation is 1. The van der Waals surface area contributed by atoms with Crippen molar-refractivity contribution in [1.29, 1.82) is 0 Å². The molecule has 0 bridgehead atoms. The number of para-hydroxylation sites is 1. The van der Waals surface area contributed by atoms with Gasteiger partial charge in [-0.2, -0.15) is 0 Å². The number of anilines is 1. The Balaban J connectivity index is 0.00000272. The van der Waals surface area contributed by atoms with Gasteiger partial charge < -0.3 is 19.7 Å². The van der Waals surface area contributed by atoms with Crippen molar-refractivity contribution in [2.24, 2.45) is 0 Å². The van der Waals surface area contributed by atoms with Gasteiger partial charge in [-0.1, -0.05) is 30.8 Å². The van der Waals surface area contributed by atoms with Gasteiger partial charge in [0.15, 0.2) is 5.76 Å². The summed E-state index contributed by atoms with van der Waals surface area (Å²) in [6, 6.07) is 14.2. The standard InChI is InChI=1S/C23H23FN4O2.CH4/c1-14-10-16(30-27-14)13-28(3)22(29)12-19-18-11-15(24)8-9-21(18)26-23(19)17-6-4-5-7-20(17)25-2;/h4-11,25-26H,12-13H2,1-3H3;1H4. The summed E-state index contributed by atoms with van der Waals surface area (Å²) in [5.41, 5.74) is 4.96. The van der Waals surface area contributed by atoms with E-state index in [1.54, 1.807) is 24.1 Å². The molecule has 31 heavy (non-hydrogen) atoms. The number of rotatable bonds is 6. The van der Waals surface area contributed by atoms with E-state index in [1.807, 2.05) is 38.2 Å². The molecule has 2 heterocycles. The third-order valence-electron chi connectivity index (χ3n) is 5.16. The van der Waals surface area contributed by atoms with E-state index in [9.17, 15) is 9.18 Å². The van der Waals surface area contributed by atoms with Crippen LogP contribution in [0, 0.1) is 12.7 Å². The molecule has 4 rings (SSSR count). The minimum atomic E-state index is -0.339. The van der Waals surface area contributed by atoms with E-state index in [1.165, 1.54) is 12.1 Å². The topological polar surface area (TPSA) is 74.2 Å². The Labute approximate surface area is 181 Å². The van der Waals surface area contributed by atoms with Gasteiger partial charge in [0.25, 0.3) is 0 Å². The molecule has 0 spiro atoms. The average Bonchev–Trinajstić information content (AvgIpc) is 3.31. The van der Waals surface area contributed by atoms with Crippen LogP contribution in [0.1, 0.15) is 24.4 Å². The van der Waals surface area contributed by atoms with Gasteiger partial charge in [0.05, 0.1) is 24.4 Å². The molecule has 1 amide bonds. The molecule has 0 aliphatic heterocycles. The van der Waals surface area contributed by atoms with Crippen LogP contribution in [0.5, 0.6) is 0 Å². The summed E-state index contributed by atoms with van der Waals surface area (Å²) < 4.78 is 19.2. The molecule has 0 saturated carbocycles. The summed E-state index contributed by atoms with van der Waals surface area (Å²) in [5, 5.41) is 7.74. The summed E-state index contributed by atoms with van der Waals surface area (Å²) in [7, 11) is 3.57. The summed E-state index contributed by atoms with van der Waals surface area (Å²) in [5.74, 6) is 0.181. The van der Waals surface area contributed by atoms with E-state index < -0.39 is 0 Å². The Kier molecular flexibility index (Phi) is 6.44. The van der Waals surface area contributed by atoms with Gasteiger partial charge in [-0.15, -0.1) is 0 Å². The van der Waals surface area contributed by atoms with Crippen molar-refractivity contribution in [1.82, 2.24) is 15.0 Å². The van der Waals surface area contributed by atoms with Crippen LogP contribution in [0.15, 0.2) is 53.1 Å². The van der Waals surface area contributed by atoms with Crippen molar-refractivity contribution in [3.8, 4) is 11.3 Å². The van der Waals surface area contributed by atoms with E-state index in [2.05, 4.69) is 15.5 Å². The summed E-state index contributed by atoms with van der Waals surface area (Å²) in [6.45, 7) is 2.15. The molecule has 2 aromatic carbocycles. The van der Waals surface area contributed by atoms with Crippen molar-refractivity contribution in [2.45, 2.75) is 27.3 Å². The monoisotopic (exact) mass is 422 g/mol. The number of H-pyrrole nitrogens is 1. The molecule has 0 aliphatic rings. The van der Waals surface area contributed by atoms with Crippen molar-refractivity contribution < 1.29 is 13.7 Å². The minimum absolute atomic E-state index is 0. The average molecular weight is 423 g/mol. The minimum Gasteiger partial charge on any atom is -0.388 e. The number of hydrogen-bond donors (Lipinski definition) is 2. The number of fused-ring (bicyclic) bond motifs is 1. The highest BCUT2D eigenvalue weighted by molar-refractivity contribution is 5.97. The molecule has 6 nitrogen and oxygen atoms in total. The fourth-order valence-electron chi connectivity index (χ4n) is 3.65. The maximum absolute atomic E-state index is 14.0. The van der Waals surface area contributed by atoms with Crippen LogP contribution in [0.3, 0.4) is 0 Å². The fraction of sp³-hybridized carbons (Fsp3) is 0.250. The Bertz CT molecular complexity index is 1210. The molecule has 7 heteroatoms. The molecule has 2 aromatic heterocycles. The third-order valence-corrected chi connectivity index (χ3v) is 5.16. The zero-order valence-corrected chi connectivity index (χ0v) is 17.1. The van der Waals surface area contributed by atoms with Crippen molar-refractivity contribution >= 4 is 22.5 Å². The van der Waals surface area contributed by atoms with Crippen molar-refractivity contribution in [2.75, 3.05) is 19.4 Å². The lowest BCUT2D eigenvalue weighted by Crippen LogP contribution is -2.27. The van der Waals surface area contributed by atoms with Crippen LogP contribution in [0.25, 0.3) is 22.2 Å². The second-order valence-electron chi connectivity index (χ2n) is 7.33. The normalized spacial score (nSPS) is 10.7. The zero-order chi connectivity index (χ0) is 21.3. The lowest BCUT2D eigenvalue weighted by Gasteiger charge is -2.16. The van der Waals surface area contributed by atoms with Gasteiger partial charge in [0.2, 0.25) is 5.91 Å². The van der Waals surface area contributed by atoms with E-state index in [4.69, 9.17) is 4.52 Å². The van der Waals surface area contributed by atoms with Gasteiger partial charge in [0.1, 0.15) is 5.82 Å². The molecule has 2 N–H and O–H groups in total. The predicted molar refractivity (Wildman–Crippen MR) is 121 cm³/mol. The highest BCUT2D eigenvalue weighted by atomic mass is 19.1. The number of nitrogens with zero attached hydrogens (tertiary/aromatic N) is 2. The van der Waals surface area contributed by atoms with Crippen molar-refractivity contribution in [3.05, 3.63) is 71.4 Å². The second-order valence-corrected chi connectivity index (χ2v) is 7.33. The van der Waals surface area contributed by atoms with Crippen LogP contribution in [-0.4, -0.2) is 35.0 Å². The summed E-state index contributed by atoms with van der Waals surface area (Å²) in [6.07, 6.45) is 0.125. The molecule has 162 valence electrons. The largest absolute Gasteiger partial charge is 0.388 e. The molecular weight excluding hydrogens is 395 g/mol. The molecule has 0 radical (unpaired) electrons. The highest BCUT2D eigenvalue weighted by Gasteiger charge is 2.21. The van der Waals surface area contributed by atoms with Gasteiger partial charge in [-0.3, -0.25) is 4.79 Å². The number of likely N-dealkylation sites (N-methyl/N-ethyl adjacent to an activating group) is 1. The van der Waals surface area contributed by atoms with E-state index >= 15 is 0 Å². The molecule has 0 atom stereocenters. The maximum atomic E-state index is 14.0. The van der Waals surface area contributed by atoms with Crippen LogP contribution in [0.4, 0.5) is 10.1 Å². The number of carbonyl (C=O) groups is 1. The first-order valence-corrected chi connectivity index (χ1v) is 9.69. The quantitative estimate of drug-likeness (QED) is 0.451. The zero-order valence-electron chi connectivity index (χ0n) is 17.1. The third kappa shape index (κ3) is 4.45. The van der Waals surface area contributed by atoms with Crippen LogP contribution in [0.2, 0.25) is 0 Å². The van der Waals surface area contributed by atoms with Crippen LogP contribution < -0.4 is 5.32 Å². The van der Waals surface area contributed by atoms with Gasteiger partial charge >= 0.3 is 0 Å². The number of nitrogens with one attached hydrogen (secondary N) is 2. The summed E-state index contributed by atoms with van der Waals surface area (Å²) in [4.78, 5) is 18.0. The first kappa shape index (κ1) is 22.1. The molecule has 0 fully saturated rings. The Morgan fingerprint density at radius 2 is 2.00 bits per heavy atom. The SMILES string of the molecule is C.CNc1ccccc1-c1[nH]c2ccc(F)cc2c1CC(=O)N(C)Cc1cc(C)no1. The first-order chi connectivity index (χ1) is 14.5. The number of aromatic amines is 1. The van der Waals surface area contributed by atoms with Gasteiger partial charge in [-0.25, -0.2) is 4.39 Å². The second kappa shape index (κ2) is 9.04. The molecule has 0 unspecified atom stereocenters. The lowest BCUT2D eigenvalue weighted by atomic mass is 10.0. The van der Waals surface area contributed by atoms with Crippen molar-refractivity contribution in [3.63, 3.8) is 0 Å². The lowest BCUT2D eigenvalue weighted by molar-refractivity contribution is -0.129. The van der Waals surface area contributed by atoms with E-state index in [0.717, 1.165) is 33.7 Å². The highest BCUT2D eigenvalue weighted by Crippen LogP contribution is 2.35. The molecule has 4 aromatic rings. The Morgan fingerprint density at radius 1 is 1.23 bits per heavy atom. The van der Waals surface area contributed by atoms with Gasteiger partial charge in [-0.05, 0) is 36.8 Å². The number of aromatic nitrogens is 2. The van der Waals surface area contributed by atoms with Crippen LogP contribution >= 0.6 is 0 Å². The first-order valence-electron chi connectivity index (χ1n) is 9.69. The Hall–Kier alpha value is -3.61. The fourth-order valence-corrected chi connectivity index (χ4v) is 3.65. The van der Waals surface area contributed by atoms with Gasteiger partial charge in [0, 0.05) is 42.3 Å². The number of amides is 1. The Morgan fingerprint density at radius 3 is 2.71 bits per heavy atom. The predicted octanol–water partition coefficient (Wildman–Crippen LogP) is 5.15. The van der Waals surface area contributed by atoms with E-state index in [0.29, 0.717) is 17.7 Å². The molecular formula is C24H27FN4O2. The molecule has 0 aliphatic carbocycles. The number of carbonyl (C=O) groups excluding carboxylic acids is 1. The number of benzene rings is 2. The smallest absolute Gasteiger partial charge is 0.227 e. The molecule has 0 saturated heterocycles. The number of hydrogen-bond acceptors (Lipinski definition) is 4.